The largest absolute Gasteiger partial charge is 0.461 e. The molecule has 1 heterocycles. The average Bonchev–Trinajstić information content (AvgIpc) is 2.31. The minimum Gasteiger partial charge on any atom is -0.461 e. The molecule has 0 bridgehead atoms. The van der Waals surface area contributed by atoms with Gasteiger partial charge in [0.05, 0.1) is 6.54 Å². The maximum atomic E-state index is 5.68. The first-order valence-corrected chi connectivity index (χ1v) is 5.38. The molecule has 0 aromatic carbocycles. The van der Waals surface area contributed by atoms with Crippen molar-refractivity contribution >= 4 is 5.76 Å². The van der Waals surface area contributed by atoms with Gasteiger partial charge in [0.2, 0.25) is 0 Å². The number of nitrogens with zero attached hydrogens (tertiary/aromatic N) is 1. The van der Waals surface area contributed by atoms with Crippen molar-refractivity contribution < 1.29 is 4.74 Å². The summed E-state index contributed by atoms with van der Waals surface area (Å²) in [6, 6.07) is 3.80. The molecule has 1 rings (SSSR count). The molecule has 0 amide bonds. The first kappa shape index (κ1) is 12.5. The van der Waals surface area contributed by atoms with E-state index in [0.29, 0.717) is 12.3 Å². The van der Waals surface area contributed by atoms with Crippen LogP contribution in [0.2, 0.25) is 0 Å². The minimum absolute atomic E-state index is 0.628. The second-order valence-electron chi connectivity index (χ2n) is 3.38. The molecular formula is C13H18N2O. The van der Waals surface area contributed by atoms with Crippen molar-refractivity contribution in [2.75, 3.05) is 13.6 Å². The highest BCUT2D eigenvalue weighted by Gasteiger charge is 2.03. The zero-order valence-corrected chi connectivity index (χ0v) is 9.86. The third-order valence-corrected chi connectivity index (χ3v) is 2.02. The van der Waals surface area contributed by atoms with Gasteiger partial charge in [0, 0.05) is 18.0 Å². The van der Waals surface area contributed by atoms with Crippen molar-refractivity contribution in [3.05, 3.63) is 48.5 Å². The topological polar surface area (TPSA) is 34.1 Å². The number of hydrogen-bond donors (Lipinski definition) is 1. The lowest BCUT2D eigenvalue weighted by Gasteiger charge is -2.11. The third kappa shape index (κ3) is 3.87. The summed E-state index contributed by atoms with van der Waals surface area (Å²) in [4.78, 5) is 4.03. The lowest BCUT2D eigenvalue weighted by atomic mass is 10.2. The minimum atomic E-state index is 0.628. The van der Waals surface area contributed by atoms with Crippen LogP contribution < -0.4 is 5.32 Å². The highest BCUT2D eigenvalue weighted by atomic mass is 16.5. The molecule has 0 saturated heterocycles. The fourth-order valence-corrected chi connectivity index (χ4v) is 1.30. The lowest BCUT2D eigenvalue weighted by molar-refractivity contribution is 0.366. The predicted molar refractivity (Wildman–Crippen MR) is 66.7 cm³/mol. The molecular weight excluding hydrogens is 200 g/mol. The van der Waals surface area contributed by atoms with E-state index in [1.807, 2.05) is 25.3 Å². The Kier molecular flexibility index (Phi) is 5.29. The van der Waals surface area contributed by atoms with Crippen LogP contribution >= 0.6 is 0 Å². The quantitative estimate of drug-likeness (QED) is 0.745. The van der Waals surface area contributed by atoms with Crippen molar-refractivity contribution in [2.45, 2.75) is 13.3 Å². The van der Waals surface area contributed by atoms with E-state index in [0.717, 1.165) is 17.7 Å². The summed E-state index contributed by atoms with van der Waals surface area (Å²) in [6.45, 7) is 6.68. The number of aromatic nitrogens is 1. The lowest BCUT2D eigenvalue weighted by Crippen LogP contribution is -2.12. The molecule has 0 unspecified atom stereocenters. The molecule has 0 spiro atoms. The van der Waals surface area contributed by atoms with Crippen LogP contribution in [0.1, 0.15) is 18.9 Å². The summed E-state index contributed by atoms with van der Waals surface area (Å²) < 4.78 is 5.68. The SMILES string of the molecule is C=C(O/C(=C\CC)CNC)c1cccnc1. The zero-order chi connectivity index (χ0) is 11.8. The smallest absolute Gasteiger partial charge is 0.128 e. The molecule has 1 aromatic rings. The van der Waals surface area contributed by atoms with E-state index in [4.69, 9.17) is 4.74 Å². The van der Waals surface area contributed by atoms with Gasteiger partial charge in [-0.3, -0.25) is 4.98 Å². The van der Waals surface area contributed by atoms with Gasteiger partial charge in [0.15, 0.2) is 0 Å². The Morgan fingerprint density at radius 2 is 2.44 bits per heavy atom. The van der Waals surface area contributed by atoms with Crippen LogP contribution in [-0.2, 0) is 4.74 Å². The van der Waals surface area contributed by atoms with E-state index < -0.39 is 0 Å². The monoisotopic (exact) mass is 218 g/mol. The number of hydrogen-bond acceptors (Lipinski definition) is 3. The van der Waals surface area contributed by atoms with Gasteiger partial charge in [-0.25, -0.2) is 0 Å². The standard InChI is InChI=1S/C13H18N2O/c1-4-6-13(10-14-3)16-11(2)12-7-5-8-15-9-12/h5-9,14H,2,4,10H2,1,3H3/b13-6-. The molecule has 0 saturated carbocycles. The number of rotatable bonds is 6. The molecule has 1 aromatic heterocycles. The molecule has 0 atom stereocenters. The van der Waals surface area contributed by atoms with Crippen molar-refractivity contribution in [1.82, 2.24) is 10.3 Å². The van der Waals surface area contributed by atoms with E-state index in [2.05, 4.69) is 23.8 Å². The maximum absolute atomic E-state index is 5.68. The number of ether oxygens (including phenoxy) is 1. The van der Waals surface area contributed by atoms with E-state index in [1.54, 1.807) is 12.4 Å². The second kappa shape index (κ2) is 6.80. The van der Waals surface area contributed by atoms with E-state index in [1.165, 1.54) is 0 Å². The Balaban J connectivity index is 2.66. The third-order valence-electron chi connectivity index (χ3n) is 2.02. The summed E-state index contributed by atoms with van der Waals surface area (Å²) in [6.07, 6.45) is 6.45. The Labute approximate surface area is 96.9 Å². The molecule has 16 heavy (non-hydrogen) atoms. The van der Waals surface area contributed by atoms with E-state index in [-0.39, 0.29) is 0 Å². The molecule has 1 N–H and O–H groups in total. The van der Waals surface area contributed by atoms with Crippen LogP contribution in [0.25, 0.3) is 5.76 Å². The van der Waals surface area contributed by atoms with Crippen LogP contribution in [-0.4, -0.2) is 18.6 Å². The van der Waals surface area contributed by atoms with Crippen LogP contribution in [0.3, 0.4) is 0 Å². The zero-order valence-electron chi connectivity index (χ0n) is 9.86. The Morgan fingerprint density at radius 1 is 1.62 bits per heavy atom. The molecule has 86 valence electrons. The highest BCUT2D eigenvalue weighted by Crippen LogP contribution is 2.16. The first-order valence-electron chi connectivity index (χ1n) is 5.38. The number of likely N-dealkylation sites (N-methyl/N-ethyl adjacent to an activating group) is 1. The molecule has 0 aliphatic carbocycles. The molecule has 3 heteroatoms. The summed E-state index contributed by atoms with van der Waals surface area (Å²) in [7, 11) is 1.89. The van der Waals surface area contributed by atoms with E-state index >= 15 is 0 Å². The highest BCUT2D eigenvalue weighted by molar-refractivity contribution is 5.56. The van der Waals surface area contributed by atoms with Crippen molar-refractivity contribution in [3.63, 3.8) is 0 Å². The van der Waals surface area contributed by atoms with Crippen LogP contribution in [0.15, 0.2) is 42.9 Å². The number of allylic oxidation sites excluding steroid dienone is 1. The number of nitrogens with one attached hydrogen (secondary N) is 1. The second-order valence-corrected chi connectivity index (χ2v) is 3.38. The van der Waals surface area contributed by atoms with Gasteiger partial charge in [0.25, 0.3) is 0 Å². The van der Waals surface area contributed by atoms with Gasteiger partial charge in [0.1, 0.15) is 11.5 Å². The van der Waals surface area contributed by atoms with Crippen LogP contribution in [0, 0.1) is 0 Å². The van der Waals surface area contributed by atoms with Gasteiger partial charge in [-0.1, -0.05) is 13.5 Å². The molecule has 0 aliphatic rings. The number of pyridine rings is 1. The predicted octanol–water partition coefficient (Wildman–Crippen LogP) is 2.58. The summed E-state index contributed by atoms with van der Waals surface area (Å²) >= 11 is 0. The summed E-state index contributed by atoms with van der Waals surface area (Å²) in [5.74, 6) is 1.52. The van der Waals surface area contributed by atoms with Gasteiger partial charge in [-0.15, -0.1) is 0 Å². The average molecular weight is 218 g/mol. The van der Waals surface area contributed by atoms with Crippen molar-refractivity contribution in [3.8, 4) is 0 Å². The Hall–Kier alpha value is -1.61. The first-order chi connectivity index (χ1) is 7.77. The van der Waals surface area contributed by atoms with E-state index in [9.17, 15) is 0 Å². The summed E-state index contributed by atoms with van der Waals surface area (Å²) in [5, 5.41) is 3.06. The fraction of sp³-hybridized carbons (Fsp3) is 0.308. The Morgan fingerprint density at radius 3 is 3.00 bits per heavy atom. The normalized spacial score (nSPS) is 11.2. The Bertz CT molecular complexity index is 357. The molecule has 0 fully saturated rings. The molecule has 0 aliphatic heterocycles. The van der Waals surface area contributed by atoms with Gasteiger partial charge < -0.3 is 10.1 Å². The van der Waals surface area contributed by atoms with Gasteiger partial charge in [-0.2, -0.15) is 0 Å². The fourth-order valence-electron chi connectivity index (χ4n) is 1.30. The summed E-state index contributed by atoms with van der Waals surface area (Å²) in [5.41, 5.74) is 0.903. The van der Waals surface area contributed by atoms with Crippen molar-refractivity contribution in [2.24, 2.45) is 0 Å². The van der Waals surface area contributed by atoms with Gasteiger partial charge in [-0.05, 0) is 31.7 Å². The van der Waals surface area contributed by atoms with Crippen molar-refractivity contribution in [1.29, 1.82) is 0 Å². The van der Waals surface area contributed by atoms with Gasteiger partial charge >= 0.3 is 0 Å². The molecule has 0 radical (unpaired) electrons. The van der Waals surface area contributed by atoms with Crippen LogP contribution in [0.4, 0.5) is 0 Å². The maximum Gasteiger partial charge on any atom is 0.128 e. The van der Waals surface area contributed by atoms with Crippen LogP contribution in [0.5, 0.6) is 0 Å². The molecule has 3 nitrogen and oxygen atoms in total.